The van der Waals surface area contributed by atoms with Crippen LogP contribution in [0.25, 0.3) is 11.0 Å². The molecule has 2 heterocycles. The molecule has 0 saturated heterocycles. The van der Waals surface area contributed by atoms with Gasteiger partial charge in [-0.2, -0.15) is 5.10 Å². The summed E-state index contributed by atoms with van der Waals surface area (Å²) in [6, 6.07) is 6.21. The van der Waals surface area contributed by atoms with Crippen LogP contribution in [0.2, 0.25) is 0 Å². The van der Waals surface area contributed by atoms with Crippen molar-refractivity contribution in [1.29, 1.82) is 0 Å². The van der Waals surface area contributed by atoms with Gasteiger partial charge in [0.05, 0.1) is 27.9 Å². The third-order valence-electron chi connectivity index (χ3n) is 3.69. The number of carboxylic acid groups (broad SMARTS) is 1. The predicted molar refractivity (Wildman–Crippen MR) is 98.0 cm³/mol. The third kappa shape index (κ3) is 5.10. The van der Waals surface area contributed by atoms with Gasteiger partial charge < -0.3 is 10.4 Å². The molecule has 0 spiro atoms. The van der Waals surface area contributed by atoms with Crippen LogP contribution in [0.1, 0.15) is 10.4 Å². The summed E-state index contributed by atoms with van der Waals surface area (Å²) in [4.78, 5) is 24.7. The summed E-state index contributed by atoms with van der Waals surface area (Å²) in [6.45, 7) is -0.317. The maximum atomic E-state index is 12.9. The minimum Gasteiger partial charge on any atom is -0.483 e. The summed E-state index contributed by atoms with van der Waals surface area (Å²) in [5, 5.41) is 13.5. The minimum atomic E-state index is -3.60. The van der Waals surface area contributed by atoms with Gasteiger partial charge in [0.25, 0.3) is 12.4 Å². The largest absolute Gasteiger partial charge is 0.483 e. The van der Waals surface area contributed by atoms with Gasteiger partial charge in [0.1, 0.15) is 11.3 Å². The van der Waals surface area contributed by atoms with Crippen LogP contribution < -0.4 is 5.32 Å². The van der Waals surface area contributed by atoms with Crippen molar-refractivity contribution in [1.82, 2.24) is 20.1 Å². The molecule has 2 N–H and O–H groups in total. The lowest BCUT2D eigenvalue weighted by Gasteiger charge is -2.07. The SMILES string of the molecule is Cn1ncc2ncc(C(=O)NCCS(=O)(=O)c3ccc(F)cc3)cc21.O=CO. The third-order valence-corrected chi connectivity index (χ3v) is 5.42. The van der Waals surface area contributed by atoms with Crippen LogP contribution in [0.3, 0.4) is 0 Å². The quantitative estimate of drug-likeness (QED) is 0.476. The van der Waals surface area contributed by atoms with E-state index in [9.17, 15) is 17.6 Å². The molecule has 0 radical (unpaired) electrons. The van der Waals surface area contributed by atoms with Gasteiger partial charge >= 0.3 is 0 Å². The topological polar surface area (TPSA) is 131 Å². The first-order chi connectivity index (χ1) is 13.3. The van der Waals surface area contributed by atoms with Crippen molar-refractivity contribution in [3.8, 4) is 0 Å². The van der Waals surface area contributed by atoms with Crippen molar-refractivity contribution in [2.45, 2.75) is 4.90 Å². The van der Waals surface area contributed by atoms with Crippen molar-refractivity contribution >= 4 is 33.3 Å². The molecule has 0 aliphatic carbocycles. The molecule has 1 amide bonds. The summed E-state index contributed by atoms with van der Waals surface area (Å²) in [7, 11) is -1.86. The van der Waals surface area contributed by atoms with Crippen molar-refractivity contribution < 1.29 is 27.5 Å². The van der Waals surface area contributed by atoms with Crippen LogP contribution in [0.5, 0.6) is 0 Å². The molecular weight excluding hydrogens is 391 g/mol. The highest BCUT2D eigenvalue weighted by molar-refractivity contribution is 7.91. The number of carbonyl (C=O) groups is 2. The highest BCUT2D eigenvalue weighted by Gasteiger charge is 2.15. The molecule has 2 aromatic heterocycles. The van der Waals surface area contributed by atoms with E-state index < -0.39 is 21.6 Å². The molecule has 3 rings (SSSR count). The second kappa shape index (κ2) is 9.04. The fourth-order valence-corrected chi connectivity index (χ4v) is 3.47. The number of pyridine rings is 1. The second-order valence-corrected chi connectivity index (χ2v) is 7.64. The summed E-state index contributed by atoms with van der Waals surface area (Å²) in [5.74, 6) is -1.22. The van der Waals surface area contributed by atoms with E-state index in [1.807, 2.05) is 0 Å². The van der Waals surface area contributed by atoms with Crippen LogP contribution in [0, 0.1) is 5.82 Å². The Kier molecular flexibility index (Phi) is 6.77. The molecule has 0 aliphatic rings. The Bertz CT molecular complexity index is 1080. The Labute approximate surface area is 159 Å². The van der Waals surface area contributed by atoms with Gasteiger partial charge in [-0.15, -0.1) is 0 Å². The monoisotopic (exact) mass is 408 g/mol. The van der Waals surface area contributed by atoms with Crippen LogP contribution in [0.15, 0.2) is 47.6 Å². The smallest absolute Gasteiger partial charge is 0.290 e. The van der Waals surface area contributed by atoms with E-state index in [4.69, 9.17) is 9.90 Å². The number of aromatic nitrogens is 3. The molecular formula is C17H17FN4O5S. The molecule has 1 aromatic carbocycles. The van der Waals surface area contributed by atoms with E-state index in [0.717, 1.165) is 12.1 Å². The average molecular weight is 408 g/mol. The number of benzene rings is 1. The van der Waals surface area contributed by atoms with Crippen molar-refractivity contribution in [2.24, 2.45) is 7.05 Å². The zero-order valence-electron chi connectivity index (χ0n) is 14.7. The number of fused-ring (bicyclic) bond motifs is 1. The maximum absolute atomic E-state index is 12.9. The minimum absolute atomic E-state index is 0.0149. The van der Waals surface area contributed by atoms with E-state index in [0.29, 0.717) is 16.6 Å². The van der Waals surface area contributed by atoms with Crippen molar-refractivity contribution in [2.75, 3.05) is 12.3 Å². The van der Waals surface area contributed by atoms with Gasteiger partial charge in [0, 0.05) is 19.8 Å². The summed E-state index contributed by atoms with van der Waals surface area (Å²) >= 11 is 0. The first-order valence-electron chi connectivity index (χ1n) is 7.90. The van der Waals surface area contributed by atoms with Gasteiger partial charge in [-0.25, -0.2) is 12.8 Å². The fourth-order valence-electron chi connectivity index (χ4n) is 2.31. The molecule has 11 heteroatoms. The van der Waals surface area contributed by atoms with Gasteiger partial charge in [0.2, 0.25) is 0 Å². The maximum Gasteiger partial charge on any atom is 0.290 e. The lowest BCUT2D eigenvalue weighted by Crippen LogP contribution is -2.29. The first-order valence-corrected chi connectivity index (χ1v) is 9.56. The zero-order valence-corrected chi connectivity index (χ0v) is 15.6. The number of sulfone groups is 1. The van der Waals surface area contributed by atoms with E-state index in [1.54, 1.807) is 24.0 Å². The molecule has 148 valence electrons. The van der Waals surface area contributed by atoms with Gasteiger partial charge in [-0.1, -0.05) is 0 Å². The number of carbonyl (C=O) groups excluding carboxylic acids is 1. The molecule has 0 bridgehead atoms. The summed E-state index contributed by atoms with van der Waals surface area (Å²) in [6.07, 6.45) is 3.00. The Balaban J connectivity index is 0.000000878. The zero-order chi connectivity index (χ0) is 20.7. The molecule has 28 heavy (non-hydrogen) atoms. The van der Waals surface area contributed by atoms with Gasteiger partial charge in [-0.3, -0.25) is 19.3 Å². The van der Waals surface area contributed by atoms with E-state index >= 15 is 0 Å². The number of rotatable bonds is 5. The van der Waals surface area contributed by atoms with Crippen molar-refractivity contribution in [3.05, 3.63) is 54.1 Å². The van der Waals surface area contributed by atoms with Crippen LogP contribution >= 0.6 is 0 Å². The summed E-state index contributed by atoms with van der Waals surface area (Å²) in [5.41, 5.74) is 1.68. The van der Waals surface area contributed by atoms with E-state index in [2.05, 4.69) is 15.4 Å². The summed E-state index contributed by atoms with van der Waals surface area (Å²) < 4.78 is 38.8. The Morgan fingerprint density at radius 3 is 2.57 bits per heavy atom. The number of halogens is 1. The Morgan fingerprint density at radius 1 is 1.29 bits per heavy atom. The van der Waals surface area contributed by atoms with Crippen LogP contribution in [-0.4, -0.2) is 53.0 Å². The normalized spacial score (nSPS) is 10.8. The number of hydrogen-bond donors (Lipinski definition) is 2. The lowest BCUT2D eigenvalue weighted by molar-refractivity contribution is -0.122. The number of amides is 1. The van der Waals surface area contributed by atoms with Crippen LogP contribution in [-0.2, 0) is 21.7 Å². The van der Waals surface area contributed by atoms with Crippen molar-refractivity contribution in [3.63, 3.8) is 0 Å². The molecule has 0 atom stereocenters. The van der Waals surface area contributed by atoms with Gasteiger partial charge in [-0.05, 0) is 30.3 Å². The number of nitrogens with one attached hydrogen (secondary N) is 1. The highest BCUT2D eigenvalue weighted by atomic mass is 32.2. The first kappa shape index (κ1) is 21.0. The fraction of sp³-hybridized carbons (Fsp3) is 0.176. The average Bonchev–Trinajstić information content (AvgIpc) is 3.03. The Morgan fingerprint density at radius 2 is 1.93 bits per heavy atom. The number of aryl methyl sites for hydroxylation is 1. The number of nitrogens with zero attached hydrogens (tertiary/aromatic N) is 3. The lowest BCUT2D eigenvalue weighted by atomic mass is 10.2. The Hall–Kier alpha value is -3.34. The molecule has 3 aromatic rings. The van der Waals surface area contributed by atoms with Gasteiger partial charge in [0.15, 0.2) is 9.84 Å². The highest BCUT2D eigenvalue weighted by Crippen LogP contribution is 2.13. The number of hydrogen-bond acceptors (Lipinski definition) is 6. The standard InChI is InChI=1S/C16H15FN4O3S.CH2O2/c1-21-15-8-11(9-19-14(15)10-20-21)16(22)18-6-7-25(23,24)13-4-2-12(17)3-5-13;2-1-3/h2-5,8-10H,6-7H2,1H3,(H,18,22);1H,(H,2,3). The molecule has 9 nitrogen and oxygen atoms in total. The van der Waals surface area contributed by atoms with E-state index in [1.165, 1.54) is 18.3 Å². The van der Waals surface area contributed by atoms with E-state index in [-0.39, 0.29) is 23.7 Å². The molecule has 0 unspecified atom stereocenters. The van der Waals surface area contributed by atoms with Crippen LogP contribution in [0.4, 0.5) is 4.39 Å². The second-order valence-electron chi connectivity index (χ2n) is 5.53. The molecule has 0 saturated carbocycles. The molecule has 0 aliphatic heterocycles. The predicted octanol–water partition coefficient (Wildman–Crippen LogP) is 1.01. The molecule has 0 fully saturated rings.